The van der Waals surface area contributed by atoms with Gasteiger partial charge < -0.3 is 15.4 Å². The summed E-state index contributed by atoms with van der Waals surface area (Å²) in [6.07, 6.45) is 7.78. The van der Waals surface area contributed by atoms with Crippen LogP contribution in [0, 0.1) is 5.41 Å². The molecule has 1 fully saturated rings. The normalized spacial score (nSPS) is 16.3. The van der Waals surface area contributed by atoms with E-state index in [-0.39, 0.29) is 0 Å². The lowest BCUT2D eigenvalue weighted by atomic mass is 9.67. The van der Waals surface area contributed by atoms with Crippen molar-refractivity contribution in [3.63, 3.8) is 0 Å². The van der Waals surface area contributed by atoms with Gasteiger partial charge in [0.05, 0.1) is 5.52 Å². The Labute approximate surface area is 156 Å². The number of para-hydroxylation sites is 1. The molecule has 0 radical (unpaired) electrons. The minimum Gasteiger partial charge on any atom is -0.385 e. The Morgan fingerprint density at radius 2 is 2.08 bits per heavy atom. The van der Waals surface area contributed by atoms with Gasteiger partial charge in [0.15, 0.2) is 5.96 Å². The van der Waals surface area contributed by atoms with Crippen molar-refractivity contribution in [2.45, 2.75) is 32.1 Å². The number of aliphatic imine (C=N–C) groups is 1. The van der Waals surface area contributed by atoms with Gasteiger partial charge in [0.1, 0.15) is 0 Å². The molecule has 1 aromatic carbocycles. The highest BCUT2D eigenvalue weighted by atomic mass is 16.5. The maximum absolute atomic E-state index is 5.28. The number of rotatable bonds is 8. The quantitative estimate of drug-likeness (QED) is 0.565. The summed E-state index contributed by atoms with van der Waals surface area (Å²) >= 11 is 0. The fourth-order valence-corrected chi connectivity index (χ4v) is 3.69. The van der Waals surface area contributed by atoms with Crippen molar-refractivity contribution in [3.05, 3.63) is 42.1 Å². The second kappa shape index (κ2) is 8.99. The molecule has 3 rings (SSSR count). The number of benzene rings is 1. The number of hydrogen-bond acceptors (Lipinski definition) is 3. The average Bonchev–Trinajstić information content (AvgIpc) is 2.65. The smallest absolute Gasteiger partial charge is 0.191 e. The van der Waals surface area contributed by atoms with Gasteiger partial charge in [-0.3, -0.25) is 9.98 Å². The van der Waals surface area contributed by atoms with E-state index in [1.807, 2.05) is 19.3 Å². The van der Waals surface area contributed by atoms with E-state index < -0.39 is 0 Å². The van der Waals surface area contributed by atoms with Gasteiger partial charge in [0.2, 0.25) is 0 Å². The summed E-state index contributed by atoms with van der Waals surface area (Å²) in [5.41, 5.74) is 2.74. The van der Waals surface area contributed by atoms with E-state index in [1.54, 1.807) is 7.11 Å². The van der Waals surface area contributed by atoms with Crippen molar-refractivity contribution in [1.82, 2.24) is 15.6 Å². The van der Waals surface area contributed by atoms with Crippen LogP contribution in [0.4, 0.5) is 0 Å². The molecule has 26 heavy (non-hydrogen) atoms. The third kappa shape index (κ3) is 4.52. The lowest BCUT2D eigenvalue weighted by molar-refractivity contribution is 0.0732. The van der Waals surface area contributed by atoms with Crippen molar-refractivity contribution in [1.29, 1.82) is 0 Å². The number of nitrogens with zero attached hydrogens (tertiary/aromatic N) is 2. The van der Waals surface area contributed by atoms with Crippen LogP contribution < -0.4 is 10.6 Å². The summed E-state index contributed by atoms with van der Waals surface area (Å²) in [4.78, 5) is 8.90. The van der Waals surface area contributed by atoms with Crippen molar-refractivity contribution in [2.24, 2.45) is 10.4 Å². The van der Waals surface area contributed by atoms with Crippen LogP contribution in [0.5, 0.6) is 0 Å². The zero-order valence-electron chi connectivity index (χ0n) is 15.9. The molecule has 0 bridgehead atoms. The fraction of sp³-hybridized carbons (Fsp3) is 0.524. The van der Waals surface area contributed by atoms with E-state index in [0.717, 1.165) is 44.0 Å². The summed E-state index contributed by atoms with van der Waals surface area (Å²) in [6, 6.07) is 10.5. The Balaban J connectivity index is 1.50. The van der Waals surface area contributed by atoms with Gasteiger partial charge in [-0.05, 0) is 42.7 Å². The van der Waals surface area contributed by atoms with Gasteiger partial charge in [-0.2, -0.15) is 0 Å². The molecule has 1 aliphatic rings. The third-order valence-corrected chi connectivity index (χ3v) is 5.51. The van der Waals surface area contributed by atoms with Gasteiger partial charge >= 0.3 is 0 Å². The monoisotopic (exact) mass is 354 g/mol. The molecule has 0 aliphatic heterocycles. The highest BCUT2D eigenvalue weighted by Crippen LogP contribution is 2.43. The second-order valence-corrected chi connectivity index (χ2v) is 7.19. The number of guanidine groups is 1. The van der Waals surface area contributed by atoms with Crippen LogP contribution in [0.3, 0.4) is 0 Å². The van der Waals surface area contributed by atoms with Crippen molar-refractivity contribution >= 4 is 16.9 Å². The van der Waals surface area contributed by atoms with Gasteiger partial charge in [0.25, 0.3) is 0 Å². The lowest BCUT2D eigenvalue weighted by Gasteiger charge is -2.42. The zero-order valence-corrected chi connectivity index (χ0v) is 15.9. The van der Waals surface area contributed by atoms with E-state index in [9.17, 15) is 0 Å². The molecule has 2 N–H and O–H groups in total. The first kappa shape index (κ1) is 18.6. The average molecular weight is 354 g/mol. The molecule has 1 heterocycles. The second-order valence-electron chi connectivity index (χ2n) is 7.19. The van der Waals surface area contributed by atoms with Crippen LogP contribution in [0.1, 0.15) is 31.2 Å². The maximum Gasteiger partial charge on any atom is 0.191 e. The molecule has 0 spiro atoms. The standard InChI is InChI=1S/C21H30N4O/c1-22-20(25-16-21(10-5-11-21)12-15-26-2)24-14-9-18-7-3-6-17-8-4-13-23-19(17)18/h3-4,6-8,13H,5,9-12,14-16H2,1-2H3,(H2,22,24,25). The Hall–Kier alpha value is -2.14. The fourth-order valence-electron chi connectivity index (χ4n) is 3.69. The van der Waals surface area contributed by atoms with E-state index in [1.165, 1.54) is 30.2 Å². The van der Waals surface area contributed by atoms with Gasteiger partial charge in [0, 0.05) is 45.4 Å². The summed E-state index contributed by atoms with van der Waals surface area (Å²) in [7, 11) is 3.61. The molecule has 140 valence electrons. The van der Waals surface area contributed by atoms with Crippen molar-refractivity contribution < 1.29 is 4.74 Å². The van der Waals surface area contributed by atoms with E-state index >= 15 is 0 Å². The molecule has 0 amide bonds. The highest BCUT2D eigenvalue weighted by Gasteiger charge is 2.36. The first-order chi connectivity index (χ1) is 12.8. The van der Waals surface area contributed by atoms with Gasteiger partial charge in [-0.1, -0.05) is 30.7 Å². The topological polar surface area (TPSA) is 58.5 Å². The molecule has 1 aliphatic carbocycles. The largest absolute Gasteiger partial charge is 0.385 e. The molecule has 5 nitrogen and oxygen atoms in total. The van der Waals surface area contributed by atoms with Crippen LogP contribution in [0.15, 0.2) is 41.5 Å². The van der Waals surface area contributed by atoms with Crippen LogP contribution in [0.25, 0.3) is 10.9 Å². The molecule has 0 saturated heterocycles. The number of fused-ring (bicyclic) bond motifs is 1. The maximum atomic E-state index is 5.28. The molecule has 2 aromatic rings. The number of hydrogen-bond donors (Lipinski definition) is 2. The molecular formula is C21H30N4O. The Kier molecular flexibility index (Phi) is 6.45. The summed E-state index contributed by atoms with van der Waals surface area (Å²) in [5, 5.41) is 8.14. The summed E-state index contributed by atoms with van der Waals surface area (Å²) in [5.74, 6) is 0.877. The number of ether oxygens (including phenoxy) is 1. The number of methoxy groups -OCH3 is 1. The van der Waals surface area contributed by atoms with E-state index in [0.29, 0.717) is 5.41 Å². The number of nitrogens with one attached hydrogen (secondary N) is 2. The van der Waals surface area contributed by atoms with Crippen LogP contribution in [-0.2, 0) is 11.2 Å². The summed E-state index contributed by atoms with van der Waals surface area (Å²) < 4.78 is 5.28. The number of pyridine rings is 1. The Morgan fingerprint density at radius 3 is 2.81 bits per heavy atom. The predicted molar refractivity (Wildman–Crippen MR) is 108 cm³/mol. The molecule has 5 heteroatoms. The zero-order chi connectivity index (χ0) is 18.2. The highest BCUT2D eigenvalue weighted by molar-refractivity contribution is 5.82. The van der Waals surface area contributed by atoms with Gasteiger partial charge in [-0.25, -0.2) is 0 Å². The third-order valence-electron chi connectivity index (χ3n) is 5.51. The van der Waals surface area contributed by atoms with Crippen LogP contribution in [-0.4, -0.2) is 44.8 Å². The SMILES string of the molecule is CN=C(NCCc1cccc2cccnc12)NCC1(CCOC)CCC1. The lowest BCUT2D eigenvalue weighted by Crippen LogP contribution is -2.47. The molecule has 1 aromatic heterocycles. The Bertz CT molecular complexity index is 734. The van der Waals surface area contributed by atoms with E-state index in [4.69, 9.17) is 4.74 Å². The molecule has 0 unspecified atom stereocenters. The van der Waals surface area contributed by atoms with Crippen molar-refractivity contribution in [3.8, 4) is 0 Å². The molecule has 0 atom stereocenters. The first-order valence-corrected chi connectivity index (χ1v) is 9.52. The molecular weight excluding hydrogens is 324 g/mol. The Morgan fingerprint density at radius 1 is 1.23 bits per heavy atom. The summed E-state index contributed by atoms with van der Waals surface area (Å²) in [6.45, 7) is 2.63. The van der Waals surface area contributed by atoms with E-state index in [2.05, 4.69) is 44.9 Å². The minimum atomic E-state index is 0.382. The van der Waals surface area contributed by atoms with Crippen molar-refractivity contribution in [2.75, 3.05) is 33.9 Å². The minimum absolute atomic E-state index is 0.382. The van der Waals surface area contributed by atoms with Crippen LogP contribution in [0.2, 0.25) is 0 Å². The predicted octanol–water partition coefficient (Wildman–Crippen LogP) is 3.15. The van der Waals surface area contributed by atoms with Crippen LogP contribution >= 0.6 is 0 Å². The van der Waals surface area contributed by atoms with Gasteiger partial charge in [-0.15, -0.1) is 0 Å². The number of aromatic nitrogens is 1. The first-order valence-electron chi connectivity index (χ1n) is 9.52. The molecule has 1 saturated carbocycles.